The van der Waals surface area contributed by atoms with Crippen LogP contribution in [0, 0.1) is 6.92 Å². The van der Waals surface area contributed by atoms with Crippen molar-refractivity contribution < 1.29 is 24.2 Å². The van der Waals surface area contributed by atoms with Crippen LogP contribution in [0.15, 0.2) is 24.3 Å². The van der Waals surface area contributed by atoms with Crippen molar-refractivity contribution in [2.24, 2.45) is 0 Å². The monoisotopic (exact) mass is 251 g/mol. The van der Waals surface area contributed by atoms with E-state index in [1.807, 2.05) is 6.07 Å². The average Bonchev–Trinajstić information content (AvgIpc) is 2.27. The van der Waals surface area contributed by atoms with E-state index in [0.717, 1.165) is 25.0 Å². The van der Waals surface area contributed by atoms with Crippen molar-refractivity contribution in [3.05, 3.63) is 42.3 Å². The SMILES string of the molecule is [CH2-]CC1=CCCc2cc(OC)ccc21.[Zn]. The van der Waals surface area contributed by atoms with Gasteiger partial charge < -0.3 is 11.7 Å². The summed E-state index contributed by atoms with van der Waals surface area (Å²) in [6.45, 7) is 3.95. The van der Waals surface area contributed by atoms with Crippen LogP contribution in [-0.2, 0) is 25.9 Å². The topological polar surface area (TPSA) is 9.23 Å². The van der Waals surface area contributed by atoms with E-state index in [0.29, 0.717) is 0 Å². The predicted octanol–water partition coefficient (Wildman–Crippen LogP) is 3.25. The van der Waals surface area contributed by atoms with Crippen molar-refractivity contribution in [3.63, 3.8) is 0 Å². The number of aryl methyl sites for hydroxylation is 1. The van der Waals surface area contributed by atoms with Crippen molar-refractivity contribution in [2.75, 3.05) is 7.11 Å². The van der Waals surface area contributed by atoms with Crippen LogP contribution in [0.1, 0.15) is 24.0 Å². The number of hydrogen-bond donors (Lipinski definition) is 0. The summed E-state index contributed by atoms with van der Waals surface area (Å²) in [6, 6.07) is 6.30. The van der Waals surface area contributed by atoms with Gasteiger partial charge in [-0.15, -0.1) is 0 Å². The first kappa shape index (κ1) is 12.5. The fraction of sp³-hybridized carbons (Fsp3) is 0.308. The molecule has 1 aromatic carbocycles. The van der Waals surface area contributed by atoms with E-state index in [-0.39, 0.29) is 19.5 Å². The largest absolute Gasteiger partial charge is 0.497 e. The molecule has 0 atom stereocenters. The van der Waals surface area contributed by atoms with Gasteiger partial charge in [0.05, 0.1) is 7.11 Å². The Morgan fingerprint density at radius 3 is 2.87 bits per heavy atom. The molecular weight excluding hydrogens is 238 g/mol. The van der Waals surface area contributed by atoms with Crippen molar-refractivity contribution in [3.8, 4) is 5.75 Å². The van der Waals surface area contributed by atoms with Crippen LogP contribution in [0.3, 0.4) is 0 Å². The maximum atomic E-state index is 5.21. The molecule has 0 N–H and O–H groups in total. The third-order valence-electron chi connectivity index (χ3n) is 2.73. The second-order valence-electron chi connectivity index (χ2n) is 3.54. The number of fused-ring (bicyclic) bond motifs is 1. The normalized spacial score (nSPS) is 13.6. The number of rotatable bonds is 2. The molecule has 0 amide bonds. The molecule has 0 heterocycles. The van der Waals surface area contributed by atoms with Gasteiger partial charge in [0, 0.05) is 19.5 Å². The summed E-state index contributed by atoms with van der Waals surface area (Å²) in [7, 11) is 1.71. The number of allylic oxidation sites excluding steroid dienone is 2. The second kappa shape index (κ2) is 5.46. The molecule has 0 spiro atoms. The van der Waals surface area contributed by atoms with Crippen LogP contribution in [0.25, 0.3) is 5.57 Å². The van der Waals surface area contributed by atoms with Crippen LogP contribution in [0.5, 0.6) is 5.75 Å². The number of benzene rings is 1. The Labute approximate surface area is 104 Å². The maximum Gasteiger partial charge on any atom is 0.119 e. The zero-order valence-electron chi connectivity index (χ0n) is 9.25. The zero-order valence-corrected chi connectivity index (χ0v) is 12.2. The second-order valence-corrected chi connectivity index (χ2v) is 3.54. The van der Waals surface area contributed by atoms with E-state index >= 15 is 0 Å². The zero-order chi connectivity index (χ0) is 9.97. The Hall–Kier alpha value is -0.617. The molecule has 0 unspecified atom stereocenters. The standard InChI is InChI=1S/C13H15O.Zn/c1-3-10-5-4-6-11-9-12(14-2)7-8-13(10)11;/h5,7-9H,1,3-4,6H2,2H3;/q-1;. The quantitative estimate of drug-likeness (QED) is 0.580. The predicted molar refractivity (Wildman–Crippen MR) is 59.3 cm³/mol. The van der Waals surface area contributed by atoms with E-state index in [2.05, 4.69) is 25.1 Å². The first-order valence-corrected chi connectivity index (χ1v) is 5.00. The van der Waals surface area contributed by atoms with Crippen LogP contribution in [0.4, 0.5) is 0 Å². The van der Waals surface area contributed by atoms with Gasteiger partial charge in [-0.3, -0.25) is 0 Å². The molecule has 0 radical (unpaired) electrons. The molecule has 0 aromatic heterocycles. The molecule has 0 saturated carbocycles. The molecule has 0 bridgehead atoms. The number of methoxy groups -OCH3 is 1. The van der Waals surface area contributed by atoms with Gasteiger partial charge in [-0.1, -0.05) is 17.7 Å². The summed E-state index contributed by atoms with van der Waals surface area (Å²) in [4.78, 5) is 0. The first-order chi connectivity index (χ1) is 6.85. The van der Waals surface area contributed by atoms with Crippen molar-refractivity contribution in [1.82, 2.24) is 0 Å². The molecule has 1 aliphatic carbocycles. The van der Waals surface area contributed by atoms with Gasteiger partial charge in [0.2, 0.25) is 0 Å². The molecule has 76 valence electrons. The Morgan fingerprint density at radius 1 is 1.40 bits per heavy atom. The van der Waals surface area contributed by atoms with E-state index in [4.69, 9.17) is 4.74 Å². The van der Waals surface area contributed by atoms with Crippen molar-refractivity contribution in [2.45, 2.75) is 19.3 Å². The average molecular weight is 253 g/mol. The summed E-state index contributed by atoms with van der Waals surface area (Å²) in [5.74, 6) is 0.953. The van der Waals surface area contributed by atoms with Gasteiger partial charge >= 0.3 is 0 Å². The molecule has 2 heteroatoms. The first-order valence-electron chi connectivity index (χ1n) is 5.00. The van der Waals surface area contributed by atoms with Gasteiger partial charge in [-0.25, -0.2) is 0 Å². The minimum atomic E-state index is 0. The summed E-state index contributed by atoms with van der Waals surface area (Å²) in [6.07, 6.45) is 5.42. The minimum Gasteiger partial charge on any atom is -0.497 e. The number of ether oxygens (including phenoxy) is 1. The Kier molecular flexibility index (Phi) is 4.53. The molecule has 0 saturated heterocycles. The summed E-state index contributed by atoms with van der Waals surface area (Å²) < 4.78 is 5.21. The molecule has 1 aliphatic rings. The van der Waals surface area contributed by atoms with Crippen molar-refractivity contribution in [1.29, 1.82) is 0 Å². The van der Waals surface area contributed by atoms with Crippen molar-refractivity contribution >= 4 is 5.57 Å². The van der Waals surface area contributed by atoms with Gasteiger partial charge in [-0.2, -0.15) is 6.42 Å². The molecule has 1 aromatic rings. The third-order valence-corrected chi connectivity index (χ3v) is 2.73. The summed E-state index contributed by atoms with van der Waals surface area (Å²) >= 11 is 0. The van der Waals surface area contributed by atoms with Gasteiger partial charge in [0.25, 0.3) is 0 Å². The van der Waals surface area contributed by atoms with Gasteiger partial charge in [0.15, 0.2) is 0 Å². The van der Waals surface area contributed by atoms with E-state index in [1.165, 1.54) is 16.7 Å². The molecule has 2 rings (SSSR count). The summed E-state index contributed by atoms with van der Waals surface area (Å²) in [5.41, 5.74) is 4.12. The van der Waals surface area contributed by atoms with Crippen LogP contribution in [0.2, 0.25) is 0 Å². The molecule has 1 nitrogen and oxygen atoms in total. The van der Waals surface area contributed by atoms with E-state index < -0.39 is 0 Å². The third kappa shape index (κ3) is 2.49. The van der Waals surface area contributed by atoms with Gasteiger partial charge in [0.1, 0.15) is 5.75 Å². The minimum absolute atomic E-state index is 0. The summed E-state index contributed by atoms with van der Waals surface area (Å²) in [5, 5.41) is 0. The molecule has 15 heavy (non-hydrogen) atoms. The van der Waals surface area contributed by atoms with Crippen LogP contribution in [-0.4, -0.2) is 7.11 Å². The van der Waals surface area contributed by atoms with Crippen LogP contribution < -0.4 is 4.74 Å². The van der Waals surface area contributed by atoms with Gasteiger partial charge in [-0.05, 0) is 36.1 Å². The fourth-order valence-electron chi connectivity index (χ4n) is 1.97. The Balaban J connectivity index is 0.00000112. The fourth-order valence-corrected chi connectivity index (χ4v) is 1.97. The maximum absolute atomic E-state index is 5.21. The Bertz CT molecular complexity index is 369. The van der Waals surface area contributed by atoms with E-state index in [9.17, 15) is 0 Å². The molecular formula is C13H15OZn-. The molecule has 0 aliphatic heterocycles. The number of hydrogen-bond acceptors (Lipinski definition) is 1. The molecule has 0 fully saturated rings. The van der Waals surface area contributed by atoms with Crippen LogP contribution >= 0.6 is 0 Å². The Morgan fingerprint density at radius 2 is 2.20 bits per heavy atom. The smallest absolute Gasteiger partial charge is 0.119 e. The van der Waals surface area contributed by atoms with E-state index in [1.54, 1.807) is 7.11 Å².